The van der Waals surface area contributed by atoms with E-state index in [1.807, 2.05) is 6.92 Å². The predicted octanol–water partition coefficient (Wildman–Crippen LogP) is 0.719. The zero-order valence-corrected chi connectivity index (χ0v) is 5.44. The molecule has 44 valence electrons. The van der Waals surface area contributed by atoms with Crippen molar-refractivity contribution in [1.82, 2.24) is 0 Å². The smallest absolute Gasteiger partial charge is 0.148 e. The van der Waals surface area contributed by atoms with Crippen LogP contribution < -0.4 is 0 Å². The molecule has 0 saturated heterocycles. The van der Waals surface area contributed by atoms with Gasteiger partial charge in [0, 0.05) is 5.75 Å². The van der Waals surface area contributed by atoms with Crippen LogP contribution in [0.2, 0.25) is 0 Å². The molecule has 1 unspecified atom stereocenters. The SMILES string of the molecule is CC1(C=O)CSC=N1. The molecule has 1 aliphatic rings. The van der Waals surface area contributed by atoms with Gasteiger partial charge in [-0.1, -0.05) is 0 Å². The third-order valence-electron chi connectivity index (χ3n) is 1.05. The molecule has 0 amide bonds. The van der Waals surface area contributed by atoms with Crippen LogP contribution in [0.4, 0.5) is 0 Å². The van der Waals surface area contributed by atoms with Gasteiger partial charge in [0.25, 0.3) is 0 Å². The summed E-state index contributed by atoms with van der Waals surface area (Å²) in [5, 5.41) is 0. The monoisotopic (exact) mass is 129 g/mol. The van der Waals surface area contributed by atoms with Crippen LogP contribution in [0.25, 0.3) is 0 Å². The summed E-state index contributed by atoms with van der Waals surface area (Å²) in [7, 11) is 0. The Bertz CT molecular complexity index is 134. The lowest BCUT2D eigenvalue weighted by atomic mass is 10.1. The lowest BCUT2D eigenvalue weighted by molar-refractivity contribution is -0.110. The van der Waals surface area contributed by atoms with Gasteiger partial charge < -0.3 is 4.79 Å². The van der Waals surface area contributed by atoms with E-state index >= 15 is 0 Å². The lowest BCUT2D eigenvalue weighted by Gasteiger charge is -2.07. The quantitative estimate of drug-likeness (QED) is 0.488. The van der Waals surface area contributed by atoms with Gasteiger partial charge in [-0.05, 0) is 6.92 Å². The van der Waals surface area contributed by atoms with E-state index in [1.165, 1.54) is 0 Å². The van der Waals surface area contributed by atoms with Crippen molar-refractivity contribution in [1.29, 1.82) is 0 Å². The Morgan fingerprint density at radius 1 is 2.00 bits per heavy atom. The number of aliphatic imine (C=N–C) groups is 1. The van der Waals surface area contributed by atoms with E-state index in [9.17, 15) is 4.79 Å². The predicted molar refractivity (Wildman–Crippen MR) is 35.4 cm³/mol. The molecule has 0 fully saturated rings. The fourth-order valence-electron chi connectivity index (χ4n) is 0.465. The van der Waals surface area contributed by atoms with E-state index in [1.54, 1.807) is 17.3 Å². The van der Waals surface area contributed by atoms with Crippen LogP contribution in [-0.4, -0.2) is 23.1 Å². The minimum Gasteiger partial charge on any atom is -0.301 e. The van der Waals surface area contributed by atoms with Gasteiger partial charge in [-0.15, -0.1) is 11.8 Å². The highest BCUT2D eigenvalue weighted by molar-refractivity contribution is 8.12. The molecule has 0 N–H and O–H groups in total. The van der Waals surface area contributed by atoms with Crippen molar-refractivity contribution in [3.63, 3.8) is 0 Å². The first-order valence-electron chi connectivity index (χ1n) is 2.38. The minimum absolute atomic E-state index is 0.412. The third kappa shape index (κ3) is 0.916. The van der Waals surface area contributed by atoms with Crippen molar-refractivity contribution in [2.45, 2.75) is 12.5 Å². The van der Waals surface area contributed by atoms with Crippen LogP contribution in [0.5, 0.6) is 0 Å². The number of thioether (sulfide) groups is 1. The molecule has 0 saturated carbocycles. The Morgan fingerprint density at radius 3 is 3.00 bits per heavy atom. The number of carbonyl (C=O) groups is 1. The molecule has 1 aliphatic heterocycles. The molecule has 2 nitrogen and oxygen atoms in total. The fourth-order valence-corrected chi connectivity index (χ4v) is 1.34. The van der Waals surface area contributed by atoms with Gasteiger partial charge >= 0.3 is 0 Å². The summed E-state index contributed by atoms with van der Waals surface area (Å²) >= 11 is 1.58. The van der Waals surface area contributed by atoms with E-state index < -0.39 is 5.54 Å². The zero-order chi connectivity index (χ0) is 6.04. The summed E-state index contributed by atoms with van der Waals surface area (Å²) in [4.78, 5) is 14.2. The van der Waals surface area contributed by atoms with Gasteiger partial charge in [-0.3, -0.25) is 4.99 Å². The van der Waals surface area contributed by atoms with E-state index in [0.717, 1.165) is 12.0 Å². The summed E-state index contributed by atoms with van der Waals surface area (Å²) in [6, 6.07) is 0. The molecule has 0 bridgehead atoms. The van der Waals surface area contributed by atoms with Crippen LogP contribution >= 0.6 is 11.8 Å². The second-order valence-corrected chi connectivity index (χ2v) is 2.85. The Morgan fingerprint density at radius 2 is 2.75 bits per heavy atom. The van der Waals surface area contributed by atoms with E-state index in [4.69, 9.17) is 0 Å². The molecule has 0 aliphatic carbocycles. The maximum atomic E-state index is 10.2. The maximum Gasteiger partial charge on any atom is 0.148 e. The Balaban J connectivity index is 2.67. The highest BCUT2D eigenvalue weighted by Crippen LogP contribution is 2.19. The third-order valence-corrected chi connectivity index (χ3v) is 2.06. The molecular weight excluding hydrogens is 122 g/mol. The van der Waals surface area contributed by atoms with Gasteiger partial charge in [-0.2, -0.15) is 0 Å². The number of hydrogen-bond acceptors (Lipinski definition) is 3. The van der Waals surface area contributed by atoms with Gasteiger partial charge in [0.2, 0.25) is 0 Å². The molecule has 0 aromatic heterocycles. The largest absolute Gasteiger partial charge is 0.301 e. The van der Waals surface area contributed by atoms with E-state index in [0.29, 0.717) is 0 Å². The molecule has 1 atom stereocenters. The van der Waals surface area contributed by atoms with Crippen molar-refractivity contribution in [3.05, 3.63) is 0 Å². The Labute approximate surface area is 52.4 Å². The lowest BCUT2D eigenvalue weighted by Crippen LogP contribution is -2.23. The molecule has 0 aromatic rings. The zero-order valence-electron chi connectivity index (χ0n) is 4.63. The van der Waals surface area contributed by atoms with Gasteiger partial charge in [0.15, 0.2) is 0 Å². The average Bonchev–Trinajstić information content (AvgIpc) is 2.17. The summed E-state index contributed by atoms with van der Waals surface area (Å²) in [5.41, 5.74) is 1.32. The van der Waals surface area contributed by atoms with Crippen molar-refractivity contribution < 1.29 is 4.79 Å². The van der Waals surface area contributed by atoms with Crippen LogP contribution in [0.1, 0.15) is 6.92 Å². The number of hydrogen-bond donors (Lipinski definition) is 0. The van der Waals surface area contributed by atoms with Crippen LogP contribution in [-0.2, 0) is 4.79 Å². The highest BCUT2D eigenvalue weighted by atomic mass is 32.2. The standard InChI is InChI=1S/C5H7NOS/c1-5(2-7)3-8-4-6-5/h2,4H,3H2,1H3. The molecule has 3 heteroatoms. The second kappa shape index (κ2) is 1.90. The first-order valence-corrected chi connectivity index (χ1v) is 3.43. The molecule has 8 heavy (non-hydrogen) atoms. The van der Waals surface area contributed by atoms with Crippen molar-refractivity contribution in [2.24, 2.45) is 4.99 Å². The number of carbonyl (C=O) groups excluding carboxylic acids is 1. The Kier molecular flexibility index (Phi) is 1.38. The molecule has 0 radical (unpaired) electrons. The first kappa shape index (κ1) is 5.82. The summed E-state index contributed by atoms with van der Waals surface area (Å²) in [6.07, 6.45) is 0.892. The average molecular weight is 129 g/mol. The number of rotatable bonds is 1. The van der Waals surface area contributed by atoms with Crippen molar-refractivity contribution in [3.8, 4) is 0 Å². The fraction of sp³-hybridized carbons (Fsp3) is 0.600. The normalized spacial score (nSPS) is 35.6. The van der Waals surface area contributed by atoms with Gasteiger partial charge in [0.1, 0.15) is 11.8 Å². The summed E-state index contributed by atoms with van der Waals surface area (Å²) < 4.78 is 0. The van der Waals surface area contributed by atoms with Crippen LogP contribution in [0, 0.1) is 0 Å². The molecule has 1 rings (SSSR count). The first-order chi connectivity index (χ1) is 3.77. The van der Waals surface area contributed by atoms with Crippen LogP contribution in [0.15, 0.2) is 4.99 Å². The number of nitrogens with zero attached hydrogens (tertiary/aromatic N) is 1. The molecule has 0 aromatic carbocycles. The maximum absolute atomic E-state index is 10.2. The second-order valence-electron chi connectivity index (χ2n) is 2.02. The summed E-state index contributed by atoms with van der Waals surface area (Å²) in [5.74, 6) is 0.802. The van der Waals surface area contributed by atoms with Crippen molar-refractivity contribution in [2.75, 3.05) is 5.75 Å². The molecular formula is C5H7NOS. The van der Waals surface area contributed by atoms with E-state index in [-0.39, 0.29) is 0 Å². The van der Waals surface area contributed by atoms with Crippen molar-refractivity contribution >= 4 is 23.6 Å². The number of aldehydes is 1. The molecule has 0 spiro atoms. The molecule has 1 heterocycles. The topological polar surface area (TPSA) is 29.4 Å². The Hall–Kier alpha value is -0.310. The minimum atomic E-state index is -0.412. The summed E-state index contributed by atoms with van der Waals surface area (Å²) in [6.45, 7) is 1.83. The van der Waals surface area contributed by atoms with Gasteiger partial charge in [0.05, 0.1) is 5.55 Å². The van der Waals surface area contributed by atoms with E-state index in [2.05, 4.69) is 4.99 Å². The van der Waals surface area contributed by atoms with Crippen LogP contribution in [0.3, 0.4) is 0 Å². The van der Waals surface area contributed by atoms with Gasteiger partial charge in [-0.25, -0.2) is 0 Å². The highest BCUT2D eigenvalue weighted by Gasteiger charge is 2.24.